The summed E-state index contributed by atoms with van der Waals surface area (Å²) in [5.41, 5.74) is 5.47. The molecule has 186 valence electrons. The summed E-state index contributed by atoms with van der Waals surface area (Å²) in [7, 11) is 0. The lowest BCUT2D eigenvalue weighted by Crippen LogP contribution is -2.37. The Labute approximate surface area is 216 Å². The topological polar surface area (TPSA) is 78.2 Å². The summed E-state index contributed by atoms with van der Waals surface area (Å²) >= 11 is 1.65. The molecule has 5 rings (SSSR count). The Balaban J connectivity index is 1.30. The lowest BCUT2D eigenvalue weighted by molar-refractivity contribution is -0.129. The standard InChI is InChI=1S/C29H32N4O2S/c1-19(2)35-26-11-9-20(14-22(26)15-30)29-32-17-27(36-29)25-7-5-6-23-21(8-10-24(23)25)16-31-18-28(34)33-12-3-4-13-33/h5-7,9,11,14,17,19,21,31H,3-4,8,10,12-13,16,18H2,1-2H3/t21-/m1/s1. The predicted molar refractivity (Wildman–Crippen MR) is 143 cm³/mol. The summed E-state index contributed by atoms with van der Waals surface area (Å²) in [6.07, 6.45) is 6.33. The predicted octanol–water partition coefficient (Wildman–Crippen LogP) is 5.38. The van der Waals surface area contributed by atoms with Crippen molar-refractivity contribution in [3.8, 4) is 32.8 Å². The maximum Gasteiger partial charge on any atom is 0.236 e. The van der Waals surface area contributed by atoms with E-state index < -0.39 is 0 Å². The molecule has 6 nitrogen and oxygen atoms in total. The largest absolute Gasteiger partial charge is 0.490 e. The van der Waals surface area contributed by atoms with Crippen molar-refractivity contribution in [3.05, 3.63) is 59.3 Å². The number of fused-ring (bicyclic) bond motifs is 1. The van der Waals surface area contributed by atoms with Crippen LogP contribution in [0.4, 0.5) is 0 Å². The van der Waals surface area contributed by atoms with Gasteiger partial charge in [0.15, 0.2) is 0 Å². The van der Waals surface area contributed by atoms with Crippen LogP contribution in [0.5, 0.6) is 5.75 Å². The molecule has 1 saturated heterocycles. The summed E-state index contributed by atoms with van der Waals surface area (Å²) in [4.78, 5) is 20.2. The van der Waals surface area contributed by atoms with Crippen molar-refractivity contribution >= 4 is 17.2 Å². The monoisotopic (exact) mass is 500 g/mol. The number of rotatable bonds is 8. The molecule has 1 aromatic heterocycles. The van der Waals surface area contributed by atoms with Crippen LogP contribution >= 0.6 is 11.3 Å². The van der Waals surface area contributed by atoms with Crippen molar-refractivity contribution < 1.29 is 9.53 Å². The highest BCUT2D eigenvalue weighted by Gasteiger charge is 2.26. The first-order valence-electron chi connectivity index (χ1n) is 12.8. The fraction of sp³-hybridized carbons (Fsp3) is 0.414. The molecular weight excluding hydrogens is 468 g/mol. The molecular formula is C29H32N4O2S. The Kier molecular flexibility index (Phi) is 7.35. The maximum atomic E-state index is 12.4. The third-order valence-corrected chi connectivity index (χ3v) is 8.08. The molecule has 1 fully saturated rings. The number of nitriles is 1. The first-order valence-corrected chi connectivity index (χ1v) is 13.6. The summed E-state index contributed by atoms with van der Waals surface area (Å²) < 4.78 is 5.76. The van der Waals surface area contributed by atoms with Crippen molar-refractivity contribution in [3.63, 3.8) is 0 Å². The average molecular weight is 501 g/mol. The Bertz CT molecular complexity index is 1290. The smallest absolute Gasteiger partial charge is 0.236 e. The molecule has 0 spiro atoms. The number of carbonyl (C=O) groups excluding carboxylic acids is 1. The average Bonchev–Trinajstić information content (AvgIpc) is 3.65. The third-order valence-electron chi connectivity index (χ3n) is 7.00. The van der Waals surface area contributed by atoms with E-state index in [9.17, 15) is 10.1 Å². The van der Waals surface area contributed by atoms with E-state index in [-0.39, 0.29) is 12.0 Å². The second-order valence-corrected chi connectivity index (χ2v) is 10.9. The second kappa shape index (κ2) is 10.8. The summed E-state index contributed by atoms with van der Waals surface area (Å²) in [5, 5.41) is 13.9. The number of ether oxygens (including phenoxy) is 1. The molecule has 36 heavy (non-hydrogen) atoms. The molecule has 0 saturated carbocycles. The minimum absolute atomic E-state index is 0.0131. The van der Waals surface area contributed by atoms with E-state index in [4.69, 9.17) is 9.72 Å². The quantitative estimate of drug-likeness (QED) is 0.449. The number of nitrogens with zero attached hydrogens (tertiary/aromatic N) is 3. The van der Waals surface area contributed by atoms with Gasteiger partial charge in [0.1, 0.15) is 16.8 Å². The summed E-state index contributed by atoms with van der Waals surface area (Å²) in [5.74, 6) is 1.25. The van der Waals surface area contributed by atoms with Crippen molar-refractivity contribution in [2.24, 2.45) is 0 Å². The van der Waals surface area contributed by atoms with E-state index in [0.717, 1.165) is 60.8 Å². The number of aromatic nitrogens is 1. The molecule has 1 atom stereocenters. The SMILES string of the molecule is CC(C)Oc1ccc(-c2ncc(-c3cccc4c3CC[C@@H]4CNCC(=O)N3CCCC3)s2)cc1C#N. The molecule has 1 N–H and O–H groups in total. The number of benzene rings is 2. The number of hydrogen-bond donors (Lipinski definition) is 1. The molecule has 0 unspecified atom stereocenters. The van der Waals surface area contributed by atoms with Crippen LogP contribution in [0.25, 0.3) is 21.0 Å². The third kappa shape index (κ3) is 5.16. The van der Waals surface area contributed by atoms with Gasteiger partial charge in [0.2, 0.25) is 5.91 Å². The van der Waals surface area contributed by atoms with E-state index in [2.05, 4.69) is 29.6 Å². The van der Waals surface area contributed by atoms with Crippen molar-refractivity contribution in [1.82, 2.24) is 15.2 Å². The number of amides is 1. The Morgan fingerprint density at radius 2 is 2.11 bits per heavy atom. The highest BCUT2D eigenvalue weighted by molar-refractivity contribution is 7.18. The maximum absolute atomic E-state index is 12.4. The van der Waals surface area contributed by atoms with Crippen LogP contribution in [-0.2, 0) is 11.2 Å². The van der Waals surface area contributed by atoms with Crippen LogP contribution in [-0.4, -0.2) is 48.1 Å². The molecule has 1 aliphatic carbocycles. The van der Waals surface area contributed by atoms with Gasteiger partial charge in [0.25, 0.3) is 0 Å². The number of carbonyl (C=O) groups is 1. The van der Waals surface area contributed by atoms with E-state index in [1.807, 2.05) is 43.1 Å². The molecule has 0 bridgehead atoms. The van der Waals surface area contributed by atoms with Gasteiger partial charge in [-0.05, 0) is 80.3 Å². The lowest BCUT2D eigenvalue weighted by Gasteiger charge is -2.17. The van der Waals surface area contributed by atoms with Crippen molar-refractivity contribution in [1.29, 1.82) is 5.26 Å². The Hall–Kier alpha value is -3.21. The molecule has 3 aromatic rings. The number of thiazole rings is 1. The number of hydrogen-bond acceptors (Lipinski definition) is 6. The van der Waals surface area contributed by atoms with E-state index >= 15 is 0 Å². The van der Waals surface area contributed by atoms with Gasteiger partial charge in [-0.3, -0.25) is 4.79 Å². The van der Waals surface area contributed by atoms with E-state index in [1.54, 1.807) is 11.3 Å². The summed E-state index contributed by atoms with van der Waals surface area (Å²) in [6.45, 7) is 6.97. The molecule has 7 heteroatoms. The minimum atomic E-state index is 0.0131. The van der Waals surface area contributed by atoms with Crippen LogP contribution in [0.2, 0.25) is 0 Å². The highest BCUT2D eigenvalue weighted by Crippen LogP contribution is 2.41. The van der Waals surface area contributed by atoms with Crippen LogP contribution in [0, 0.1) is 11.3 Å². The van der Waals surface area contributed by atoms with Crippen LogP contribution in [0.15, 0.2) is 42.6 Å². The van der Waals surface area contributed by atoms with Gasteiger partial charge in [-0.2, -0.15) is 5.26 Å². The molecule has 2 heterocycles. The lowest BCUT2D eigenvalue weighted by atomic mass is 9.98. The van der Waals surface area contributed by atoms with Crippen molar-refractivity contribution in [2.45, 2.75) is 51.6 Å². The zero-order chi connectivity index (χ0) is 25.1. The molecule has 1 aliphatic heterocycles. The van der Waals surface area contributed by atoms with Crippen LogP contribution in [0.3, 0.4) is 0 Å². The highest BCUT2D eigenvalue weighted by atomic mass is 32.1. The minimum Gasteiger partial charge on any atom is -0.490 e. The normalized spacial score (nSPS) is 16.8. The Morgan fingerprint density at radius 1 is 1.28 bits per heavy atom. The van der Waals surface area contributed by atoms with Gasteiger partial charge in [-0.15, -0.1) is 11.3 Å². The van der Waals surface area contributed by atoms with Gasteiger partial charge >= 0.3 is 0 Å². The Morgan fingerprint density at radius 3 is 2.89 bits per heavy atom. The summed E-state index contributed by atoms with van der Waals surface area (Å²) in [6, 6.07) is 14.5. The first-order chi connectivity index (χ1) is 17.5. The molecule has 0 radical (unpaired) electrons. The van der Waals surface area contributed by atoms with Crippen LogP contribution in [0.1, 0.15) is 55.7 Å². The van der Waals surface area contributed by atoms with Gasteiger partial charge in [-0.1, -0.05) is 18.2 Å². The fourth-order valence-electron chi connectivity index (χ4n) is 5.25. The van der Waals surface area contributed by atoms with Crippen LogP contribution < -0.4 is 10.1 Å². The number of nitrogens with one attached hydrogen (secondary N) is 1. The molecule has 1 amide bonds. The van der Waals surface area contributed by atoms with E-state index in [1.165, 1.54) is 16.7 Å². The first kappa shape index (κ1) is 24.5. The van der Waals surface area contributed by atoms with Gasteiger partial charge in [0.05, 0.1) is 23.1 Å². The molecule has 2 aromatic carbocycles. The second-order valence-electron chi connectivity index (χ2n) is 9.85. The van der Waals surface area contributed by atoms with Gasteiger partial charge < -0.3 is 15.0 Å². The molecule has 2 aliphatic rings. The van der Waals surface area contributed by atoms with Gasteiger partial charge in [-0.25, -0.2) is 4.98 Å². The zero-order valence-corrected chi connectivity index (χ0v) is 21.7. The fourth-order valence-corrected chi connectivity index (χ4v) is 6.22. The number of likely N-dealkylation sites (tertiary alicyclic amines) is 1. The van der Waals surface area contributed by atoms with Gasteiger partial charge in [0, 0.05) is 31.4 Å². The van der Waals surface area contributed by atoms with E-state index in [0.29, 0.717) is 23.8 Å². The zero-order valence-electron chi connectivity index (χ0n) is 20.9. The van der Waals surface area contributed by atoms with Crippen molar-refractivity contribution in [2.75, 3.05) is 26.2 Å².